The number of esters is 1. The Labute approximate surface area is 172 Å². The van der Waals surface area contributed by atoms with Gasteiger partial charge in [0.05, 0.1) is 6.04 Å². The molecule has 0 aromatic heterocycles. The molecule has 7 nitrogen and oxygen atoms in total. The fraction of sp³-hybridized carbons (Fsp3) is 0.571. The fourth-order valence-corrected chi connectivity index (χ4v) is 2.50. The molecule has 1 aromatic carbocycles. The minimum atomic E-state index is -0.673. The first-order chi connectivity index (χ1) is 13.1. The number of nitrogens with one attached hydrogen (secondary N) is 3. The molecule has 0 aliphatic carbocycles. The number of hydrogen-bond donors (Lipinski definition) is 3. The van der Waals surface area contributed by atoms with Crippen molar-refractivity contribution in [1.29, 1.82) is 0 Å². The number of benzene rings is 1. The summed E-state index contributed by atoms with van der Waals surface area (Å²) in [7, 11) is 0. The predicted octanol–water partition coefficient (Wildman–Crippen LogP) is 3.34. The van der Waals surface area contributed by atoms with Crippen molar-refractivity contribution < 1.29 is 23.4 Å². The molecule has 28 heavy (non-hydrogen) atoms. The SMILES string of the molecule is CCC(=O)OCc1ccc(NC(=O)[C@H](C)NC(=O)[C@@H](NC(C)C)C(C)C)cc1.[HH].[HH].[HH]. The van der Waals surface area contributed by atoms with E-state index < -0.39 is 6.04 Å². The van der Waals surface area contributed by atoms with Gasteiger partial charge in [-0.15, -0.1) is 0 Å². The second-order valence-corrected chi connectivity index (χ2v) is 7.47. The molecule has 2 amide bonds. The summed E-state index contributed by atoms with van der Waals surface area (Å²) in [5, 5.41) is 8.77. The maximum atomic E-state index is 12.5. The van der Waals surface area contributed by atoms with Crippen molar-refractivity contribution in [2.24, 2.45) is 5.92 Å². The van der Waals surface area contributed by atoms with E-state index in [1.54, 1.807) is 38.1 Å². The van der Waals surface area contributed by atoms with Crippen molar-refractivity contribution in [1.82, 2.24) is 10.6 Å². The quantitative estimate of drug-likeness (QED) is 0.526. The number of carbonyl (C=O) groups is 3. The van der Waals surface area contributed by atoms with Gasteiger partial charge in [0.25, 0.3) is 0 Å². The molecule has 0 unspecified atom stereocenters. The normalized spacial score (nSPS) is 13.1. The van der Waals surface area contributed by atoms with Gasteiger partial charge in [0.1, 0.15) is 12.6 Å². The average molecular weight is 398 g/mol. The van der Waals surface area contributed by atoms with Gasteiger partial charge in [-0.25, -0.2) is 0 Å². The highest BCUT2D eigenvalue weighted by Gasteiger charge is 2.25. The zero-order chi connectivity index (χ0) is 21.3. The molecular formula is C21H39N3O4. The van der Waals surface area contributed by atoms with E-state index in [1.165, 1.54) is 0 Å². The highest BCUT2D eigenvalue weighted by atomic mass is 16.5. The first-order valence-electron chi connectivity index (χ1n) is 9.75. The van der Waals surface area contributed by atoms with Crippen LogP contribution in [0.15, 0.2) is 24.3 Å². The molecule has 1 aromatic rings. The molecule has 0 spiro atoms. The zero-order valence-electron chi connectivity index (χ0n) is 17.7. The van der Waals surface area contributed by atoms with Crippen LogP contribution in [0.4, 0.5) is 5.69 Å². The van der Waals surface area contributed by atoms with E-state index in [-0.39, 0.29) is 46.7 Å². The average Bonchev–Trinajstić information content (AvgIpc) is 2.64. The largest absolute Gasteiger partial charge is 0.461 e. The van der Waals surface area contributed by atoms with Crippen molar-refractivity contribution in [3.8, 4) is 0 Å². The third kappa shape index (κ3) is 8.08. The number of hydrogen-bond acceptors (Lipinski definition) is 5. The summed E-state index contributed by atoms with van der Waals surface area (Å²) in [5.41, 5.74) is 1.44. The molecule has 1 rings (SSSR count). The Kier molecular flexibility index (Phi) is 9.65. The molecule has 0 heterocycles. The topological polar surface area (TPSA) is 96.5 Å². The molecule has 2 atom stereocenters. The monoisotopic (exact) mass is 397 g/mol. The van der Waals surface area contributed by atoms with Gasteiger partial charge in [0.2, 0.25) is 11.8 Å². The second kappa shape index (κ2) is 11.4. The van der Waals surface area contributed by atoms with Crippen LogP contribution in [0.5, 0.6) is 0 Å². The molecule has 0 fully saturated rings. The Bertz CT molecular complexity index is 670. The lowest BCUT2D eigenvalue weighted by Gasteiger charge is -2.25. The van der Waals surface area contributed by atoms with Crippen LogP contribution in [0.25, 0.3) is 0 Å². The molecule has 3 N–H and O–H groups in total. The molecule has 0 bridgehead atoms. The van der Waals surface area contributed by atoms with Crippen LogP contribution in [0.2, 0.25) is 0 Å². The smallest absolute Gasteiger partial charge is 0.305 e. The Morgan fingerprint density at radius 2 is 1.61 bits per heavy atom. The molecular weight excluding hydrogens is 358 g/mol. The Morgan fingerprint density at radius 3 is 2.11 bits per heavy atom. The van der Waals surface area contributed by atoms with Crippen LogP contribution in [0.3, 0.4) is 0 Å². The Hall–Kier alpha value is -2.41. The van der Waals surface area contributed by atoms with E-state index in [0.29, 0.717) is 12.1 Å². The van der Waals surface area contributed by atoms with Crippen molar-refractivity contribution in [2.45, 2.75) is 72.7 Å². The van der Waals surface area contributed by atoms with Gasteiger partial charge in [-0.1, -0.05) is 46.8 Å². The second-order valence-electron chi connectivity index (χ2n) is 7.47. The summed E-state index contributed by atoms with van der Waals surface area (Å²) in [6.45, 7) is 11.5. The van der Waals surface area contributed by atoms with Crippen LogP contribution in [0.1, 0.15) is 57.8 Å². The van der Waals surface area contributed by atoms with E-state index in [9.17, 15) is 14.4 Å². The Morgan fingerprint density at radius 1 is 1.00 bits per heavy atom. The van der Waals surface area contributed by atoms with E-state index in [1.807, 2.05) is 27.7 Å². The first-order valence-corrected chi connectivity index (χ1v) is 9.75. The summed E-state index contributed by atoms with van der Waals surface area (Å²) >= 11 is 0. The van der Waals surface area contributed by atoms with Gasteiger partial charge < -0.3 is 20.7 Å². The van der Waals surface area contributed by atoms with Crippen LogP contribution in [0, 0.1) is 5.92 Å². The van der Waals surface area contributed by atoms with E-state index in [4.69, 9.17) is 4.74 Å². The summed E-state index contributed by atoms with van der Waals surface area (Å²) in [6.07, 6.45) is 0.335. The number of amides is 2. The van der Waals surface area contributed by atoms with Gasteiger partial charge in [0, 0.05) is 22.4 Å². The number of rotatable bonds is 10. The standard InChI is InChI=1S/C21H33N3O4.3H2/c1-7-18(25)28-12-16-8-10-17(11-9-16)24-20(26)15(6)23-21(27)19(13(2)3)22-14(4)5;;;/h8-11,13-15,19,22H,7,12H2,1-6H3,(H,23,27)(H,24,26);3*1H/t15-,19-;;;/m0.../s1. The minimum absolute atomic E-state index is 0. The summed E-state index contributed by atoms with van der Waals surface area (Å²) in [5.74, 6) is -0.648. The summed E-state index contributed by atoms with van der Waals surface area (Å²) in [6, 6.07) is 6.16. The maximum absolute atomic E-state index is 12.5. The van der Waals surface area contributed by atoms with E-state index in [2.05, 4.69) is 16.0 Å². The van der Waals surface area contributed by atoms with Crippen LogP contribution >= 0.6 is 0 Å². The first kappa shape index (κ1) is 23.6. The Balaban J connectivity index is -0.00000261. The van der Waals surface area contributed by atoms with Gasteiger partial charge in [0.15, 0.2) is 0 Å². The molecule has 0 aliphatic heterocycles. The van der Waals surface area contributed by atoms with Crippen molar-refractivity contribution in [3.63, 3.8) is 0 Å². The highest BCUT2D eigenvalue weighted by molar-refractivity contribution is 5.97. The predicted molar refractivity (Wildman–Crippen MR) is 116 cm³/mol. The lowest BCUT2D eigenvalue weighted by molar-refractivity contribution is -0.144. The van der Waals surface area contributed by atoms with Crippen molar-refractivity contribution >= 4 is 23.5 Å². The summed E-state index contributed by atoms with van der Waals surface area (Å²) in [4.78, 5) is 36.1. The lowest BCUT2D eigenvalue weighted by Crippen LogP contribution is -2.53. The van der Waals surface area contributed by atoms with E-state index in [0.717, 1.165) is 5.56 Å². The lowest BCUT2D eigenvalue weighted by atomic mass is 10.0. The third-order valence-electron chi connectivity index (χ3n) is 4.12. The van der Waals surface area contributed by atoms with Gasteiger partial charge in [-0.2, -0.15) is 0 Å². The van der Waals surface area contributed by atoms with Crippen LogP contribution in [-0.4, -0.2) is 35.9 Å². The minimum Gasteiger partial charge on any atom is -0.461 e. The van der Waals surface area contributed by atoms with Crippen LogP contribution < -0.4 is 16.0 Å². The third-order valence-corrected chi connectivity index (χ3v) is 4.12. The van der Waals surface area contributed by atoms with Crippen molar-refractivity contribution in [2.75, 3.05) is 5.32 Å². The fourth-order valence-electron chi connectivity index (χ4n) is 2.50. The van der Waals surface area contributed by atoms with Crippen LogP contribution in [-0.2, 0) is 25.7 Å². The maximum Gasteiger partial charge on any atom is 0.305 e. The highest BCUT2D eigenvalue weighted by Crippen LogP contribution is 2.11. The van der Waals surface area contributed by atoms with Gasteiger partial charge in [-0.05, 0) is 30.5 Å². The molecule has 162 valence electrons. The van der Waals surface area contributed by atoms with E-state index >= 15 is 0 Å². The van der Waals surface area contributed by atoms with Gasteiger partial charge >= 0.3 is 5.97 Å². The summed E-state index contributed by atoms with van der Waals surface area (Å²) < 4.78 is 5.07. The zero-order valence-corrected chi connectivity index (χ0v) is 17.7. The number of ether oxygens (including phenoxy) is 1. The molecule has 0 saturated carbocycles. The van der Waals surface area contributed by atoms with Gasteiger partial charge in [-0.3, -0.25) is 14.4 Å². The molecule has 7 heteroatoms. The number of anilines is 1. The molecule has 0 radical (unpaired) electrons. The molecule has 0 aliphatic rings. The molecule has 0 saturated heterocycles. The van der Waals surface area contributed by atoms with Crippen molar-refractivity contribution in [3.05, 3.63) is 29.8 Å². The number of carbonyl (C=O) groups excluding carboxylic acids is 3.